The molecule has 0 bridgehead atoms. The predicted molar refractivity (Wildman–Crippen MR) is 114 cm³/mol. The van der Waals surface area contributed by atoms with Crippen molar-refractivity contribution < 1.29 is 28.2 Å². The molecule has 31 heavy (non-hydrogen) atoms. The number of thioether (sulfide) groups is 1. The minimum Gasteiger partial charge on any atom is -0.477 e. The average Bonchev–Trinajstić information content (AvgIpc) is 3.28. The summed E-state index contributed by atoms with van der Waals surface area (Å²) in [6.45, 7) is 3.55. The SMILES string of the molecule is C[C@@H](O)[C@H]1C(=O)N2C(C(=O)O)=C(c3cn4cnc(SCCNS(N)(=O)=O)c4s3)[C@H](C)[C@H]12. The van der Waals surface area contributed by atoms with E-state index in [-0.39, 0.29) is 30.1 Å². The summed E-state index contributed by atoms with van der Waals surface area (Å²) in [6, 6.07) is -0.383. The molecule has 11 nitrogen and oxygen atoms in total. The van der Waals surface area contributed by atoms with E-state index < -0.39 is 28.2 Å². The number of aliphatic hydroxyl groups excluding tert-OH is 1. The van der Waals surface area contributed by atoms with Gasteiger partial charge in [-0.2, -0.15) is 8.42 Å². The largest absolute Gasteiger partial charge is 0.477 e. The number of hydrogen-bond donors (Lipinski definition) is 4. The Balaban J connectivity index is 1.63. The van der Waals surface area contributed by atoms with Crippen LogP contribution in [0.2, 0.25) is 0 Å². The number of carboxylic acids is 1. The van der Waals surface area contributed by atoms with E-state index in [1.165, 1.54) is 28.0 Å². The highest BCUT2D eigenvalue weighted by molar-refractivity contribution is 7.99. The number of rotatable bonds is 8. The van der Waals surface area contributed by atoms with E-state index >= 15 is 0 Å². The fourth-order valence-corrected chi connectivity index (χ4v) is 6.90. The van der Waals surface area contributed by atoms with Crippen LogP contribution in [-0.4, -0.2) is 69.2 Å². The van der Waals surface area contributed by atoms with Crippen molar-refractivity contribution in [2.45, 2.75) is 31.0 Å². The fourth-order valence-electron chi connectivity index (χ4n) is 4.23. The molecule has 2 aliphatic rings. The molecule has 2 aromatic rings. The van der Waals surface area contributed by atoms with Crippen molar-refractivity contribution in [3.05, 3.63) is 23.1 Å². The van der Waals surface area contributed by atoms with E-state index in [0.29, 0.717) is 21.2 Å². The van der Waals surface area contributed by atoms with E-state index in [9.17, 15) is 28.2 Å². The van der Waals surface area contributed by atoms with Gasteiger partial charge in [0.15, 0.2) is 0 Å². The van der Waals surface area contributed by atoms with Crippen LogP contribution < -0.4 is 9.86 Å². The standard InChI is InChI=1S/C17H21N5O6S3/c1-7-10(13(17(25)26)22-12(7)11(8(2)23)15(22)24)9-5-21-6-19-14(16(21)30-9)29-4-3-20-31(18,27)28/h5-8,11-12,20,23H,3-4H2,1-2H3,(H,25,26)(H2,18,27,28)/t7-,8+,11+,12+/m0/s1. The number of aliphatic hydroxyl groups is 1. The van der Waals surface area contributed by atoms with Crippen LogP contribution in [0.25, 0.3) is 10.4 Å². The van der Waals surface area contributed by atoms with Gasteiger partial charge in [0.2, 0.25) is 5.91 Å². The molecule has 2 aliphatic heterocycles. The Morgan fingerprint density at radius 2 is 2.19 bits per heavy atom. The number of aromatic nitrogens is 2. The Morgan fingerprint density at radius 1 is 1.48 bits per heavy atom. The van der Waals surface area contributed by atoms with Crippen LogP contribution in [0, 0.1) is 11.8 Å². The van der Waals surface area contributed by atoms with Gasteiger partial charge in [0.25, 0.3) is 10.2 Å². The van der Waals surface area contributed by atoms with Gasteiger partial charge in [-0.05, 0) is 6.92 Å². The zero-order valence-electron chi connectivity index (χ0n) is 16.5. The van der Waals surface area contributed by atoms with E-state index in [0.717, 1.165) is 4.83 Å². The number of hydrogen-bond acceptors (Lipinski definition) is 8. The molecule has 1 amide bonds. The molecule has 0 spiro atoms. The van der Waals surface area contributed by atoms with Crippen molar-refractivity contribution in [1.29, 1.82) is 0 Å². The van der Waals surface area contributed by atoms with Crippen LogP contribution in [0.1, 0.15) is 18.7 Å². The number of carbonyl (C=O) groups excluding carboxylic acids is 1. The van der Waals surface area contributed by atoms with Crippen LogP contribution in [-0.2, 0) is 19.8 Å². The summed E-state index contributed by atoms with van der Waals surface area (Å²) in [5.74, 6) is -2.01. The van der Waals surface area contributed by atoms with Crippen molar-refractivity contribution in [2.24, 2.45) is 17.0 Å². The van der Waals surface area contributed by atoms with E-state index in [1.54, 1.807) is 23.8 Å². The Kier molecular flexibility index (Phi) is 5.64. The van der Waals surface area contributed by atoms with Crippen molar-refractivity contribution in [3.8, 4) is 0 Å². The number of nitrogens with two attached hydrogens (primary N) is 1. The summed E-state index contributed by atoms with van der Waals surface area (Å²) in [4.78, 5) is 31.6. The highest BCUT2D eigenvalue weighted by Crippen LogP contribution is 2.51. The normalized spacial score (nSPS) is 24.6. The van der Waals surface area contributed by atoms with Gasteiger partial charge in [0, 0.05) is 30.0 Å². The Hall–Kier alpha value is -1.97. The third kappa shape index (κ3) is 3.76. The van der Waals surface area contributed by atoms with Crippen molar-refractivity contribution in [3.63, 3.8) is 0 Å². The monoisotopic (exact) mass is 487 g/mol. The Morgan fingerprint density at radius 3 is 2.81 bits per heavy atom. The zero-order valence-corrected chi connectivity index (χ0v) is 19.0. The molecule has 4 rings (SSSR count). The van der Waals surface area contributed by atoms with E-state index in [1.807, 2.05) is 6.92 Å². The van der Waals surface area contributed by atoms with E-state index in [2.05, 4.69) is 9.71 Å². The molecule has 2 aromatic heterocycles. The smallest absolute Gasteiger partial charge is 0.352 e. The summed E-state index contributed by atoms with van der Waals surface area (Å²) in [5.41, 5.74) is 0.526. The number of β-lactam (4-membered cyclic amide) rings is 1. The number of carbonyl (C=O) groups is 2. The van der Waals surface area contributed by atoms with E-state index in [4.69, 9.17) is 5.14 Å². The number of nitrogens with zero attached hydrogens (tertiary/aromatic N) is 3. The molecule has 4 heterocycles. The molecule has 1 fully saturated rings. The van der Waals surface area contributed by atoms with Gasteiger partial charge in [-0.3, -0.25) is 9.20 Å². The third-order valence-corrected chi connectivity index (χ3v) is 8.32. The molecule has 0 unspecified atom stereocenters. The predicted octanol–water partition coefficient (Wildman–Crippen LogP) is -0.0658. The lowest BCUT2D eigenvalue weighted by Crippen LogP contribution is -2.63. The third-order valence-electron chi connectivity index (χ3n) is 5.46. The molecule has 14 heteroatoms. The van der Waals surface area contributed by atoms with Gasteiger partial charge in [-0.1, -0.05) is 6.92 Å². The highest BCUT2D eigenvalue weighted by atomic mass is 32.2. The topological polar surface area (TPSA) is 167 Å². The summed E-state index contributed by atoms with van der Waals surface area (Å²) < 4.78 is 25.9. The number of imidazole rings is 1. The maximum absolute atomic E-state index is 12.5. The molecule has 4 atom stereocenters. The Labute approximate surface area is 186 Å². The van der Waals surface area contributed by atoms with Crippen LogP contribution in [0.4, 0.5) is 0 Å². The number of amides is 1. The van der Waals surface area contributed by atoms with Crippen molar-refractivity contribution in [2.75, 3.05) is 12.3 Å². The number of thiazole rings is 1. The second-order valence-corrected chi connectivity index (χ2v) is 11.0. The summed E-state index contributed by atoms with van der Waals surface area (Å²) >= 11 is 2.70. The maximum Gasteiger partial charge on any atom is 0.352 e. The summed E-state index contributed by atoms with van der Waals surface area (Å²) in [5, 5.41) is 25.4. The number of carboxylic acid groups (broad SMARTS) is 1. The molecule has 0 aliphatic carbocycles. The quantitative estimate of drug-likeness (QED) is 0.228. The summed E-state index contributed by atoms with van der Waals surface area (Å²) in [6.07, 6.45) is 2.52. The number of aliphatic carboxylic acids is 1. The average molecular weight is 488 g/mol. The molecule has 5 N–H and O–H groups in total. The van der Waals surface area contributed by atoms with Gasteiger partial charge in [0.1, 0.15) is 21.9 Å². The van der Waals surface area contributed by atoms with Gasteiger partial charge in [-0.25, -0.2) is 19.6 Å². The molecule has 168 valence electrons. The lowest BCUT2D eigenvalue weighted by Gasteiger charge is -2.46. The van der Waals surface area contributed by atoms with Crippen LogP contribution in [0.15, 0.2) is 23.2 Å². The molecule has 1 saturated heterocycles. The maximum atomic E-state index is 12.5. The number of fused-ring (bicyclic) bond motifs is 2. The molecule has 0 radical (unpaired) electrons. The van der Waals surface area contributed by atoms with Crippen molar-refractivity contribution in [1.82, 2.24) is 19.0 Å². The van der Waals surface area contributed by atoms with Crippen LogP contribution >= 0.6 is 23.1 Å². The highest BCUT2D eigenvalue weighted by Gasteiger charge is 2.60. The van der Waals surface area contributed by atoms with Crippen LogP contribution in [0.3, 0.4) is 0 Å². The lowest BCUT2D eigenvalue weighted by atomic mass is 9.77. The number of nitrogens with one attached hydrogen (secondary N) is 1. The molecule has 0 aromatic carbocycles. The second kappa shape index (κ2) is 7.86. The lowest BCUT2D eigenvalue weighted by molar-refractivity contribution is -0.163. The van der Waals surface area contributed by atoms with Gasteiger partial charge in [-0.15, -0.1) is 23.1 Å². The van der Waals surface area contributed by atoms with Crippen molar-refractivity contribution >= 4 is 55.6 Å². The Bertz CT molecular complexity index is 1200. The second-order valence-electron chi connectivity index (χ2n) is 7.47. The first-order chi connectivity index (χ1) is 14.5. The van der Waals surface area contributed by atoms with Crippen LogP contribution in [0.5, 0.6) is 0 Å². The summed E-state index contributed by atoms with van der Waals surface area (Å²) in [7, 11) is -3.75. The zero-order chi connectivity index (χ0) is 22.7. The fraction of sp³-hybridized carbons (Fsp3) is 0.471. The molecule has 0 saturated carbocycles. The minimum absolute atomic E-state index is 0.0385. The van der Waals surface area contributed by atoms with Gasteiger partial charge >= 0.3 is 5.97 Å². The van der Waals surface area contributed by atoms with Gasteiger partial charge < -0.3 is 15.1 Å². The first-order valence-electron chi connectivity index (χ1n) is 9.37. The first-order valence-corrected chi connectivity index (χ1v) is 12.7. The molecular formula is C17H21N5O6S3. The minimum atomic E-state index is -3.75. The first kappa shape index (κ1) is 22.2. The molecular weight excluding hydrogens is 466 g/mol. The van der Waals surface area contributed by atoms with Gasteiger partial charge in [0.05, 0.1) is 22.9 Å².